The predicted octanol–water partition coefficient (Wildman–Crippen LogP) is 1.52. The van der Waals surface area contributed by atoms with E-state index in [1.807, 2.05) is 0 Å². The van der Waals surface area contributed by atoms with Gasteiger partial charge in [0, 0.05) is 13.6 Å². The summed E-state index contributed by atoms with van der Waals surface area (Å²) < 4.78 is 32.3. The summed E-state index contributed by atoms with van der Waals surface area (Å²) >= 11 is 0. The maximum absolute atomic E-state index is 12.2. The molecule has 0 bridgehead atoms. The first kappa shape index (κ1) is 15.5. The van der Waals surface area contributed by atoms with Crippen LogP contribution in [0.5, 0.6) is 5.75 Å². The molecule has 7 heteroatoms. The van der Waals surface area contributed by atoms with Crippen LogP contribution in [0, 0.1) is 0 Å². The number of hydrogen-bond acceptors (Lipinski definition) is 4. The number of fused-ring (bicyclic) bond motifs is 1. The summed E-state index contributed by atoms with van der Waals surface area (Å²) in [5.41, 5.74) is 1.38. The maximum atomic E-state index is 12.2. The van der Waals surface area contributed by atoms with Gasteiger partial charge in [-0.2, -0.15) is 0 Å². The smallest absolute Gasteiger partial charge is 0.264 e. The lowest BCUT2D eigenvalue weighted by atomic mass is 10.1. The van der Waals surface area contributed by atoms with E-state index in [-0.39, 0.29) is 24.0 Å². The van der Waals surface area contributed by atoms with Crippen molar-refractivity contribution in [1.82, 2.24) is 4.72 Å². The fourth-order valence-electron chi connectivity index (χ4n) is 2.29. The van der Waals surface area contributed by atoms with Crippen LogP contribution < -0.4 is 14.4 Å². The number of amides is 1. The van der Waals surface area contributed by atoms with Crippen molar-refractivity contribution in [2.24, 2.45) is 0 Å². The quantitative estimate of drug-likeness (QED) is 0.921. The minimum Gasteiger partial charge on any atom is -0.482 e. The van der Waals surface area contributed by atoms with Crippen LogP contribution in [0.3, 0.4) is 0 Å². The molecule has 0 spiro atoms. The largest absolute Gasteiger partial charge is 0.482 e. The summed E-state index contributed by atoms with van der Waals surface area (Å²) in [6, 6.07) is 13.4. The number of benzene rings is 2. The Bertz CT molecular complexity index is 834. The first-order valence-corrected chi connectivity index (χ1v) is 8.53. The average molecular weight is 332 g/mol. The summed E-state index contributed by atoms with van der Waals surface area (Å²) in [7, 11) is -1.90. The number of nitrogens with zero attached hydrogens (tertiary/aromatic N) is 1. The van der Waals surface area contributed by atoms with E-state index in [2.05, 4.69) is 4.72 Å². The first-order valence-electron chi connectivity index (χ1n) is 7.04. The molecule has 6 nitrogen and oxygen atoms in total. The highest BCUT2D eigenvalue weighted by Crippen LogP contribution is 2.31. The van der Waals surface area contributed by atoms with Gasteiger partial charge < -0.3 is 9.64 Å². The van der Waals surface area contributed by atoms with Crippen molar-refractivity contribution < 1.29 is 17.9 Å². The lowest BCUT2D eigenvalue weighted by Crippen LogP contribution is -2.35. The minimum absolute atomic E-state index is 0.0173. The van der Waals surface area contributed by atoms with Gasteiger partial charge in [0.2, 0.25) is 10.0 Å². The van der Waals surface area contributed by atoms with Crippen molar-refractivity contribution in [2.75, 3.05) is 18.6 Å². The van der Waals surface area contributed by atoms with E-state index in [1.54, 1.807) is 43.4 Å². The minimum atomic E-state index is -3.57. The van der Waals surface area contributed by atoms with E-state index in [0.717, 1.165) is 5.56 Å². The van der Waals surface area contributed by atoms with Crippen LogP contribution >= 0.6 is 0 Å². The number of carbonyl (C=O) groups excluding carboxylic acids is 1. The predicted molar refractivity (Wildman–Crippen MR) is 85.8 cm³/mol. The summed E-state index contributed by atoms with van der Waals surface area (Å²) in [5.74, 6) is 0.473. The normalized spacial score (nSPS) is 14.3. The fraction of sp³-hybridized carbons (Fsp3) is 0.188. The summed E-state index contributed by atoms with van der Waals surface area (Å²) in [4.78, 5) is 13.4. The second kappa shape index (κ2) is 6.02. The number of carbonyl (C=O) groups is 1. The average Bonchev–Trinajstić information content (AvgIpc) is 2.57. The standard InChI is InChI=1S/C16H16N2O4S/c1-18-14-9-12(7-8-15(14)22-11-16(18)19)10-17-23(20,21)13-5-3-2-4-6-13/h2-9,17H,10-11H2,1H3. The molecule has 0 atom stereocenters. The topological polar surface area (TPSA) is 75.7 Å². The van der Waals surface area contributed by atoms with E-state index < -0.39 is 10.0 Å². The molecule has 1 heterocycles. The van der Waals surface area contributed by atoms with E-state index in [9.17, 15) is 13.2 Å². The Hall–Kier alpha value is -2.38. The number of nitrogens with one attached hydrogen (secondary N) is 1. The molecule has 0 saturated heterocycles. The van der Waals surface area contributed by atoms with Crippen molar-refractivity contribution in [1.29, 1.82) is 0 Å². The molecule has 1 N–H and O–H groups in total. The fourth-order valence-corrected chi connectivity index (χ4v) is 3.33. The van der Waals surface area contributed by atoms with Crippen molar-refractivity contribution in [2.45, 2.75) is 11.4 Å². The third-order valence-electron chi connectivity index (χ3n) is 3.63. The highest BCUT2D eigenvalue weighted by molar-refractivity contribution is 7.89. The summed E-state index contributed by atoms with van der Waals surface area (Å²) in [6.07, 6.45) is 0. The van der Waals surface area contributed by atoms with E-state index in [1.165, 1.54) is 17.0 Å². The lowest BCUT2D eigenvalue weighted by molar-refractivity contribution is -0.120. The van der Waals surface area contributed by atoms with Gasteiger partial charge in [0.25, 0.3) is 5.91 Å². The Kier molecular flexibility index (Phi) is 4.06. The lowest BCUT2D eigenvalue weighted by Gasteiger charge is -2.26. The van der Waals surface area contributed by atoms with E-state index >= 15 is 0 Å². The highest BCUT2D eigenvalue weighted by Gasteiger charge is 2.22. The van der Waals surface area contributed by atoms with Crippen LogP contribution in [0.15, 0.2) is 53.4 Å². The molecule has 3 rings (SSSR count). The van der Waals surface area contributed by atoms with Crippen LogP contribution in [0.1, 0.15) is 5.56 Å². The van der Waals surface area contributed by atoms with Gasteiger partial charge >= 0.3 is 0 Å². The van der Waals surface area contributed by atoms with Crippen molar-refractivity contribution in [3.05, 3.63) is 54.1 Å². The van der Waals surface area contributed by atoms with E-state index in [4.69, 9.17) is 4.74 Å². The third kappa shape index (κ3) is 3.20. The van der Waals surface area contributed by atoms with Crippen LogP contribution in [0.4, 0.5) is 5.69 Å². The molecule has 1 aliphatic rings. The molecule has 1 aliphatic heterocycles. The van der Waals surface area contributed by atoms with Gasteiger partial charge in [-0.3, -0.25) is 4.79 Å². The summed E-state index contributed by atoms with van der Waals surface area (Å²) in [6.45, 7) is 0.149. The van der Waals surface area contributed by atoms with Crippen LogP contribution in [-0.4, -0.2) is 28.0 Å². The Labute approximate surface area is 134 Å². The van der Waals surface area contributed by atoms with Crippen LogP contribution in [0.2, 0.25) is 0 Å². The molecule has 1 amide bonds. The number of anilines is 1. The molecule has 2 aromatic rings. The van der Waals surface area contributed by atoms with Gasteiger partial charge in [-0.15, -0.1) is 0 Å². The van der Waals surface area contributed by atoms with Gasteiger partial charge in [0.1, 0.15) is 5.75 Å². The Morgan fingerprint density at radius 3 is 2.65 bits per heavy atom. The molecule has 0 aromatic heterocycles. The molecule has 23 heavy (non-hydrogen) atoms. The van der Waals surface area contributed by atoms with E-state index in [0.29, 0.717) is 11.4 Å². The Morgan fingerprint density at radius 2 is 1.91 bits per heavy atom. The molecule has 120 valence electrons. The zero-order valence-electron chi connectivity index (χ0n) is 12.5. The maximum Gasteiger partial charge on any atom is 0.264 e. The van der Waals surface area contributed by atoms with Crippen molar-refractivity contribution >= 4 is 21.6 Å². The van der Waals surface area contributed by atoms with Crippen LogP contribution in [0.25, 0.3) is 0 Å². The number of ether oxygens (including phenoxy) is 1. The first-order chi connectivity index (χ1) is 11.0. The van der Waals surface area contributed by atoms with Gasteiger partial charge in [-0.1, -0.05) is 24.3 Å². The van der Waals surface area contributed by atoms with Crippen LogP contribution in [-0.2, 0) is 21.4 Å². The second-order valence-corrected chi connectivity index (χ2v) is 6.95. The number of sulfonamides is 1. The zero-order valence-corrected chi connectivity index (χ0v) is 13.3. The SMILES string of the molecule is CN1C(=O)COc2ccc(CNS(=O)(=O)c3ccccc3)cc21. The molecule has 2 aromatic carbocycles. The third-order valence-corrected chi connectivity index (χ3v) is 5.05. The molecule has 0 unspecified atom stereocenters. The molecule has 0 fully saturated rings. The number of hydrogen-bond donors (Lipinski definition) is 1. The molecule has 0 radical (unpaired) electrons. The number of likely N-dealkylation sites (N-methyl/N-ethyl adjacent to an activating group) is 1. The van der Waals surface area contributed by atoms with Gasteiger partial charge in [-0.05, 0) is 29.8 Å². The molecule has 0 saturated carbocycles. The van der Waals surface area contributed by atoms with Crippen molar-refractivity contribution in [3.63, 3.8) is 0 Å². The Balaban J connectivity index is 1.78. The molecule has 0 aliphatic carbocycles. The van der Waals surface area contributed by atoms with Gasteiger partial charge in [0.05, 0.1) is 10.6 Å². The molecular weight excluding hydrogens is 316 g/mol. The van der Waals surface area contributed by atoms with Gasteiger partial charge in [-0.25, -0.2) is 13.1 Å². The Morgan fingerprint density at radius 1 is 1.17 bits per heavy atom. The van der Waals surface area contributed by atoms with Gasteiger partial charge in [0.15, 0.2) is 6.61 Å². The summed E-state index contributed by atoms with van der Waals surface area (Å²) in [5, 5.41) is 0. The zero-order chi connectivity index (χ0) is 16.4. The number of rotatable bonds is 4. The van der Waals surface area contributed by atoms with Crippen molar-refractivity contribution in [3.8, 4) is 5.75 Å². The monoisotopic (exact) mass is 332 g/mol. The molecular formula is C16H16N2O4S. The highest BCUT2D eigenvalue weighted by atomic mass is 32.2. The second-order valence-electron chi connectivity index (χ2n) is 5.18.